The number of rotatable bonds is 3. The van der Waals surface area contributed by atoms with Crippen LogP contribution in [0.25, 0.3) is 0 Å². The van der Waals surface area contributed by atoms with Crippen molar-refractivity contribution < 1.29 is 4.21 Å². The zero-order chi connectivity index (χ0) is 18.0. The minimum absolute atomic E-state index is 0.0318. The average molecular weight is 363 g/mol. The molecule has 5 nitrogen and oxygen atoms in total. The van der Waals surface area contributed by atoms with Crippen LogP contribution in [0.3, 0.4) is 0 Å². The Labute approximate surface area is 152 Å². The molecule has 1 aromatic carbocycles. The maximum Gasteiger partial charge on any atom is 0.166 e. The molecule has 1 fully saturated rings. The number of hydrogen-bond acceptors (Lipinski definition) is 4. The van der Waals surface area contributed by atoms with Gasteiger partial charge in [0.15, 0.2) is 9.92 Å². The minimum Gasteiger partial charge on any atom is -0.242 e. The topological polar surface area (TPSA) is 84.7 Å². The van der Waals surface area contributed by atoms with Gasteiger partial charge in [0.25, 0.3) is 0 Å². The second-order valence-electron chi connectivity index (χ2n) is 6.40. The molecule has 0 heterocycles. The van der Waals surface area contributed by atoms with E-state index in [-0.39, 0.29) is 6.04 Å². The van der Waals surface area contributed by atoms with Crippen molar-refractivity contribution in [3.8, 4) is 0 Å². The van der Waals surface area contributed by atoms with Crippen LogP contribution in [-0.4, -0.2) is 14.8 Å². The number of hydrogen-bond donors (Lipinski definition) is 2. The maximum absolute atomic E-state index is 13.6. The highest BCUT2D eigenvalue weighted by molar-refractivity contribution is 7.91. The molecule has 25 heavy (non-hydrogen) atoms. The Morgan fingerprint density at radius 1 is 0.800 bits per heavy atom. The third-order valence-electron chi connectivity index (χ3n) is 4.40. The highest BCUT2D eigenvalue weighted by Gasteiger charge is 2.20. The third kappa shape index (κ3) is 6.40. The molecular weight excluding hydrogens is 332 g/mol. The predicted molar refractivity (Wildman–Crippen MR) is 104 cm³/mol. The number of nitrogens with two attached hydrogens (primary N) is 2. The molecule has 1 aromatic rings. The molecule has 1 unspecified atom stereocenters. The van der Waals surface area contributed by atoms with Gasteiger partial charge in [-0.1, -0.05) is 85.5 Å². The minimum atomic E-state index is -3.04. The first kappa shape index (κ1) is 19.8. The summed E-state index contributed by atoms with van der Waals surface area (Å²) in [5.41, 5.74) is 0. The Morgan fingerprint density at radius 3 is 1.72 bits per heavy atom. The van der Waals surface area contributed by atoms with E-state index in [1.54, 1.807) is 12.1 Å². The third-order valence-corrected chi connectivity index (χ3v) is 6.44. The first-order valence-electron chi connectivity index (χ1n) is 9.07. The van der Waals surface area contributed by atoms with Gasteiger partial charge in [0.2, 0.25) is 0 Å². The molecule has 0 amide bonds. The van der Waals surface area contributed by atoms with Gasteiger partial charge in [-0.15, -0.1) is 0 Å². The van der Waals surface area contributed by atoms with Gasteiger partial charge in [-0.25, -0.2) is 20.3 Å². The van der Waals surface area contributed by atoms with Crippen molar-refractivity contribution in [3.63, 3.8) is 0 Å². The van der Waals surface area contributed by atoms with E-state index in [9.17, 15) is 4.21 Å². The fraction of sp³-hybridized carbons (Fsp3) is 0.474. The van der Waals surface area contributed by atoms with Gasteiger partial charge in [-0.05, 0) is 25.0 Å². The molecule has 1 aliphatic rings. The van der Waals surface area contributed by atoms with E-state index in [0.29, 0.717) is 4.90 Å². The summed E-state index contributed by atoms with van der Waals surface area (Å²) in [6.07, 6.45) is 9.10. The molecule has 1 aliphatic carbocycles. The number of hydrazine groups is 2. The first-order valence-corrected chi connectivity index (χ1v) is 10.5. The lowest BCUT2D eigenvalue weighted by Gasteiger charge is -2.20. The lowest BCUT2D eigenvalue weighted by atomic mass is 10.1. The zero-order valence-corrected chi connectivity index (χ0v) is 15.6. The smallest absolute Gasteiger partial charge is 0.166 e. The molecule has 2 rings (SSSR count). The van der Waals surface area contributed by atoms with E-state index in [0.717, 1.165) is 30.2 Å². The number of nitrogens with zero attached hydrogens (tertiary/aromatic N) is 2. The second kappa shape index (κ2) is 10.5. The highest BCUT2D eigenvalue weighted by atomic mass is 32.2. The van der Waals surface area contributed by atoms with Crippen LogP contribution in [0, 0.1) is 0 Å². The van der Waals surface area contributed by atoms with E-state index in [1.807, 2.05) is 42.5 Å². The summed E-state index contributed by atoms with van der Waals surface area (Å²) in [5.74, 6) is 11.6. The summed E-state index contributed by atoms with van der Waals surface area (Å²) in [5, 5.41) is 0. The largest absolute Gasteiger partial charge is 0.242 e. The van der Waals surface area contributed by atoms with E-state index in [1.165, 1.54) is 25.7 Å². The molecule has 0 saturated heterocycles. The molecule has 0 aromatic heterocycles. The van der Waals surface area contributed by atoms with Crippen LogP contribution in [0.5, 0.6) is 0 Å². The Balaban J connectivity index is 2.44. The van der Waals surface area contributed by atoms with Gasteiger partial charge >= 0.3 is 0 Å². The Morgan fingerprint density at radius 2 is 1.24 bits per heavy atom. The monoisotopic (exact) mass is 362 g/mol. The Hall–Kier alpha value is -1.47. The first-order chi connectivity index (χ1) is 12.1. The summed E-state index contributed by atoms with van der Waals surface area (Å²) in [7, 11) is -3.04. The van der Waals surface area contributed by atoms with Gasteiger partial charge in [0.05, 0.1) is 10.9 Å². The van der Waals surface area contributed by atoms with Crippen LogP contribution < -0.4 is 11.7 Å². The highest BCUT2D eigenvalue weighted by Crippen LogP contribution is 2.23. The van der Waals surface area contributed by atoms with Crippen LogP contribution in [0.4, 0.5) is 0 Å². The molecule has 4 N–H and O–H groups in total. The summed E-state index contributed by atoms with van der Waals surface area (Å²) in [4.78, 5) is 0.522. The van der Waals surface area contributed by atoms with Gasteiger partial charge in [0, 0.05) is 0 Å². The lowest BCUT2D eigenvalue weighted by Crippen LogP contribution is -2.43. The average Bonchev–Trinajstić information content (AvgIpc) is 2.73. The van der Waals surface area contributed by atoms with Crippen molar-refractivity contribution in [2.45, 2.75) is 62.3 Å². The van der Waals surface area contributed by atoms with Gasteiger partial charge < -0.3 is 0 Å². The van der Waals surface area contributed by atoms with Crippen molar-refractivity contribution in [1.29, 1.82) is 0 Å². The van der Waals surface area contributed by atoms with E-state index < -0.39 is 9.92 Å². The molecule has 1 saturated carbocycles. The molecular formula is C19H30N4OS. The molecule has 6 heteroatoms. The van der Waals surface area contributed by atoms with Gasteiger partial charge in [-0.2, -0.15) is 0 Å². The van der Waals surface area contributed by atoms with Crippen LogP contribution in [0.1, 0.15) is 51.4 Å². The fourth-order valence-electron chi connectivity index (χ4n) is 3.01. The quantitative estimate of drug-likeness (QED) is 0.627. The molecule has 0 spiro atoms. The maximum atomic E-state index is 13.6. The van der Waals surface area contributed by atoms with Crippen LogP contribution in [-0.2, 0) is 9.92 Å². The van der Waals surface area contributed by atoms with Crippen LogP contribution in [0.2, 0.25) is 0 Å². The summed E-state index contributed by atoms with van der Waals surface area (Å²) in [6.45, 7) is 0. The van der Waals surface area contributed by atoms with Crippen molar-refractivity contribution >= 4 is 9.92 Å². The summed E-state index contributed by atoms with van der Waals surface area (Å²) < 4.78 is 19.0. The van der Waals surface area contributed by atoms with Crippen molar-refractivity contribution in [2.24, 2.45) is 16.0 Å². The van der Waals surface area contributed by atoms with E-state index >= 15 is 0 Å². The van der Waals surface area contributed by atoms with E-state index in [2.05, 4.69) is 4.36 Å². The Bertz CT molecular complexity index is 662. The van der Waals surface area contributed by atoms with Crippen molar-refractivity contribution in [3.05, 3.63) is 54.6 Å². The molecule has 138 valence electrons. The second-order valence-corrected chi connectivity index (χ2v) is 8.49. The molecule has 0 bridgehead atoms. The molecule has 0 radical (unpaired) electrons. The van der Waals surface area contributed by atoms with Crippen LogP contribution in [0.15, 0.2) is 63.9 Å². The Kier molecular flexibility index (Phi) is 8.34. The van der Waals surface area contributed by atoms with Crippen molar-refractivity contribution in [2.75, 3.05) is 0 Å². The lowest BCUT2D eigenvalue weighted by molar-refractivity contribution is 0.470. The van der Waals surface area contributed by atoms with E-state index in [4.69, 9.17) is 11.7 Å². The van der Waals surface area contributed by atoms with Gasteiger partial charge in [-0.3, -0.25) is 0 Å². The predicted octanol–water partition coefficient (Wildman–Crippen LogP) is 4.11. The standard InChI is InChI=1S/C19H30N4OS/c20-23(21)25(24,19-16-12-8-2-1-3-9-13-17-19)22-18-14-10-6-4-5-7-11-15-18/h1-3,8-9,12-13,16-18H,4-7,10-11,14-15,20-21H2. The van der Waals surface area contributed by atoms with Crippen molar-refractivity contribution in [1.82, 2.24) is 4.52 Å². The molecule has 0 aliphatic heterocycles. The summed E-state index contributed by atoms with van der Waals surface area (Å²) in [6, 6.07) is 16.7. The zero-order valence-electron chi connectivity index (χ0n) is 14.8. The normalized spacial score (nSPS) is 19.0. The SMILES string of the molecule is NN(N)S(=O)(=NC1CCCCCCCC1)c1ccccccccc1. The molecule has 1 atom stereocenters. The van der Waals surface area contributed by atoms with Crippen LogP contribution >= 0.6 is 0 Å². The van der Waals surface area contributed by atoms with Gasteiger partial charge in [0.1, 0.15) is 0 Å². The fourth-order valence-corrected chi connectivity index (χ4v) is 4.61. The summed E-state index contributed by atoms with van der Waals surface area (Å²) >= 11 is 0.